The maximum Gasteiger partial charge on any atom is 0.237 e. The third-order valence-corrected chi connectivity index (χ3v) is 6.01. The number of benzene rings is 2. The van der Waals surface area contributed by atoms with Crippen molar-refractivity contribution in [2.75, 3.05) is 37.6 Å². The molecule has 2 heterocycles. The largest absolute Gasteiger partial charge is 0.371 e. The van der Waals surface area contributed by atoms with E-state index in [2.05, 4.69) is 41.0 Å². The summed E-state index contributed by atoms with van der Waals surface area (Å²) in [6.45, 7) is 6.92. The normalized spacial score (nSPS) is 19.3. The summed E-state index contributed by atoms with van der Waals surface area (Å²) < 4.78 is 13.1. The number of amides is 1. The lowest BCUT2D eigenvalue weighted by atomic mass is 10.0. The molecule has 0 bridgehead atoms. The summed E-state index contributed by atoms with van der Waals surface area (Å²) in [5.74, 6) is -0.0617. The first-order valence-corrected chi connectivity index (χ1v) is 10.2. The van der Waals surface area contributed by atoms with Crippen LogP contribution in [0.15, 0.2) is 48.5 Å². The van der Waals surface area contributed by atoms with E-state index < -0.39 is 0 Å². The monoisotopic (exact) mass is 381 g/mol. The van der Waals surface area contributed by atoms with Crippen LogP contribution in [-0.4, -0.2) is 54.5 Å². The molecule has 2 fully saturated rings. The van der Waals surface area contributed by atoms with Gasteiger partial charge < -0.3 is 9.80 Å². The quantitative estimate of drug-likeness (QED) is 0.812. The Bertz CT molecular complexity index is 798. The van der Waals surface area contributed by atoms with Crippen LogP contribution in [0.2, 0.25) is 0 Å². The molecule has 1 amide bonds. The number of halogens is 1. The average Bonchev–Trinajstić information content (AvgIpc) is 2.72. The minimum atomic E-state index is -0.239. The maximum absolute atomic E-state index is 13.1. The molecule has 2 saturated heterocycles. The molecule has 0 saturated carbocycles. The number of piperazine rings is 1. The van der Waals surface area contributed by atoms with E-state index in [1.54, 1.807) is 12.1 Å². The van der Waals surface area contributed by atoms with Crippen LogP contribution in [0.4, 0.5) is 10.1 Å². The molecule has 0 N–H and O–H groups in total. The van der Waals surface area contributed by atoms with Crippen LogP contribution in [0.5, 0.6) is 0 Å². The van der Waals surface area contributed by atoms with Gasteiger partial charge in [0.15, 0.2) is 0 Å². The van der Waals surface area contributed by atoms with E-state index in [1.807, 2.05) is 4.90 Å². The van der Waals surface area contributed by atoms with E-state index in [0.29, 0.717) is 19.1 Å². The Morgan fingerprint density at radius 3 is 2.25 bits per heavy atom. The summed E-state index contributed by atoms with van der Waals surface area (Å²) in [5, 5.41) is 0. The van der Waals surface area contributed by atoms with E-state index in [4.69, 9.17) is 0 Å². The standard InChI is InChI=1S/C23H28FN3O/c1-18-2-8-21(9-3-18)25-12-10-22(11-13-25)26-14-15-27(23(28)17-26)16-19-4-6-20(24)7-5-19/h2-9,22H,10-17H2,1H3. The third-order valence-electron chi connectivity index (χ3n) is 6.01. The Labute approximate surface area is 166 Å². The molecule has 0 radical (unpaired) electrons. The maximum atomic E-state index is 13.1. The smallest absolute Gasteiger partial charge is 0.237 e. The van der Waals surface area contributed by atoms with Gasteiger partial charge >= 0.3 is 0 Å². The van der Waals surface area contributed by atoms with Gasteiger partial charge in [-0.1, -0.05) is 29.8 Å². The highest BCUT2D eigenvalue weighted by Crippen LogP contribution is 2.24. The second-order valence-corrected chi connectivity index (χ2v) is 7.97. The lowest BCUT2D eigenvalue weighted by molar-refractivity contribution is -0.138. The second-order valence-electron chi connectivity index (χ2n) is 7.97. The number of nitrogens with zero attached hydrogens (tertiary/aromatic N) is 3. The molecule has 28 heavy (non-hydrogen) atoms. The number of piperidine rings is 1. The van der Waals surface area contributed by atoms with Crippen molar-refractivity contribution in [1.29, 1.82) is 0 Å². The van der Waals surface area contributed by atoms with Gasteiger partial charge in [0.25, 0.3) is 0 Å². The zero-order chi connectivity index (χ0) is 19.5. The third kappa shape index (κ3) is 4.36. The van der Waals surface area contributed by atoms with Crippen molar-refractivity contribution in [3.05, 3.63) is 65.5 Å². The highest BCUT2D eigenvalue weighted by atomic mass is 19.1. The van der Waals surface area contributed by atoms with Crippen LogP contribution in [0.3, 0.4) is 0 Å². The molecular weight excluding hydrogens is 353 g/mol. The molecule has 0 aromatic heterocycles. The Kier molecular flexibility index (Phi) is 5.62. The summed E-state index contributed by atoms with van der Waals surface area (Å²) in [6, 6.07) is 15.7. The molecule has 2 aliphatic rings. The van der Waals surface area contributed by atoms with Gasteiger partial charge in [-0.15, -0.1) is 0 Å². The van der Waals surface area contributed by atoms with Crippen molar-refractivity contribution >= 4 is 11.6 Å². The fourth-order valence-corrected chi connectivity index (χ4v) is 4.26. The summed E-state index contributed by atoms with van der Waals surface area (Å²) in [7, 11) is 0. The van der Waals surface area contributed by atoms with E-state index in [1.165, 1.54) is 23.4 Å². The molecule has 5 heteroatoms. The minimum absolute atomic E-state index is 0.177. The molecule has 2 aliphatic heterocycles. The van der Waals surface area contributed by atoms with Crippen molar-refractivity contribution in [2.45, 2.75) is 32.4 Å². The van der Waals surface area contributed by atoms with Crippen LogP contribution in [0.25, 0.3) is 0 Å². The average molecular weight is 381 g/mol. The van der Waals surface area contributed by atoms with Crippen molar-refractivity contribution in [3.8, 4) is 0 Å². The summed E-state index contributed by atoms with van der Waals surface area (Å²) in [6.07, 6.45) is 2.19. The first-order chi connectivity index (χ1) is 13.6. The molecular formula is C23H28FN3O. The van der Waals surface area contributed by atoms with Gasteiger partial charge in [0.1, 0.15) is 5.82 Å². The van der Waals surface area contributed by atoms with Gasteiger partial charge in [0.05, 0.1) is 6.54 Å². The van der Waals surface area contributed by atoms with Gasteiger partial charge in [-0.3, -0.25) is 9.69 Å². The van der Waals surface area contributed by atoms with Gasteiger partial charge in [0, 0.05) is 44.5 Å². The SMILES string of the molecule is Cc1ccc(N2CCC(N3CCN(Cc4ccc(F)cc4)C(=O)C3)CC2)cc1. The molecule has 148 valence electrons. The van der Waals surface area contributed by atoms with E-state index in [9.17, 15) is 9.18 Å². The van der Waals surface area contributed by atoms with E-state index >= 15 is 0 Å². The molecule has 2 aromatic rings. The fraction of sp³-hybridized carbons (Fsp3) is 0.435. The highest BCUT2D eigenvalue weighted by Gasteiger charge is 2.31. The number of anilines is 1. The number of rotatable bonds is 4. The van der Waals surface area contributed by atoms with Crippen molar-refractivity contribution < 1.29 is 9.18 Å². The zero-order valence-corrected chi connectivity index (χ0v) is 16.5. The predicted octanol–water partition coefficient (Wildman–Crippen LogP) is 3.45. The highest BCUT2D eigenvalue weighted by molar-refractivity contribution is 5.79. The lowest BCUT2D eigenvalue weighted by Gasteiger charge is -2.43. The molecule has 0 aliphatic carbocycles. The Hall–Kier alpha value is -2.40. The number of hydrogen-bond acceptors (Lipinski definition) is 3. The number of carbonyl (C=O) groups is 1. The zero-order valence-electron chi connectivity index (χ0n) is 16.5. The van der Waals surface area contributed by atoms with Crippen molar-refractivity contribution in [2.24, 2.45) is 0 Å². The molecule has 0 atom stereocenters. The van der Waals surface area contributed by atoms with Gasteiger partial charge in [-0.25, -0.2) is 4.39 Å². The van der Waals surface area contributed by atoms with E-state index in [-0.39, 0.29) is 11.7 Å². The molecule has 4 nitrogen and oxygen atoms in total. The number of hydrogen-bond donors (Lipinski definition) is 0. The molecule has 0 spiro atoms. The van der Waals surface area contributed by atoms with Gasteiger partial charge in [0.2, 0.25) is 5.91 Å². The van der Waals surface area contributed by atoms with Crippen LogP contribution < -0.4 is 4.90 Å². The predicted molar refractivity (Wildman–Crippen MR) is 110 cm³/mol. The Morgan fingerprint density at radius 2 is 1.61 bits per heavy atom. The van der Waals surface area contributed by atoms with Crippen LogP contribution in [0, 0.1) is 12.7 Å². The molecule has 4 rings (SSSR count). The van der Waals surface area contributed by atoms with Crippen LogP contribution in [0.1, 0.15) is 24.0 Å². The summed E-state index contributed by atoms with van der Waals surface area (Å²) in [4.78, 5) is 19.3. The Balaban J connectivity index is 1.28. The summed E-state index contributed by atoms with van der Waals surface area (Å²) >= 11 is 0. The molecule has 2 aromatic carbocycles. The van der Waals surface area contributed by atoms with Gasteiger partial charge in [-0.05, 0) is 49.6 Å². The van der Waals surface area contributed by atoms with Crippen molar-refractivity contribution in [3.63, 3.8) is 0 Å². The molecule has 0 unspecified atom stereocenters. The first kappa shape index (κ1) is 18.9. The van der Waals surface area contributed by atoms with Crippen molar-refractivity contribution in [1.82, 2.24) is 9.80 Å². The topological polar surface area (TPSA) is 26.8 Å². The van der Waals surface area contributed by atoms with E-state index in [0.717, 1.165) is 44.6 Å². The summed E-state index contributed by atoms with van der Waals surface area (Å²) in [5.41, 5.74) is 3.56. The second kappa shape index (κ2) is 8.31. The first-order valence-electron chi connectivity index (χ1n) is 10.2. The minimum Gasteiger partial charge on any atom is -0.371 e. The van der Waals surface area contributed by atoms with Gasteiger partial charge in [-0.2, -0.15) is 0 Å². The Morgan fingerprint density at radius 1 is 0.929 bits per heavy atom. The number of aryl methyl sites for hydroxylation is 1. The van der Waals surface area contributed by atoms with Crippen LogP contribution >= 0.6 is 0 Å². The van der Waals surface area contributed by atoms with Crippen LogP contribution in [-0.2, 0) is 11.3 Å². The number of carbonyl (C=O) groups excluding carboxylic acids is 1. The fourth-order valence-electron chi connectivity index (χ4n) is 4.26. The lowest BCUT2D eigenvalue weighted by Crippen LogP contribution is -2.55.